The maximum absolute atomic E-state index is 12.4. The number of methoxy groups -OCH3 is 2. The molecular weight excluding hydrogens is 342 g/mol. The van der Waals surface area contributed by atoms with Gasteiger partial charge in [-0.1, -0.05) is 12.1 Å². The van der Waals surface area contributed by atoms with Gasteiger partial charge in [0.1, 0.15) is 5.56 Å². The Labute approximate surface area is 148 Å². The Bertz CT molecular complexity index is 848. The summed E-state index contributed by atoms with van der Waals surface area (Å²) in [4.78, 5) is 34.0. The molecule has 0 unspecified atom stereocenters. The van der Waals surface area contributed by atoms with E-state index in [-0.39, 0.29) is 23.6 Å². The zero-order valence-corrected chi connectivity index (χ0v) is 14.1. The highest BCUT2D eigenvalue weighted by molar-refractivity contribution is 5.99. The van der Waals surface area contributed by atoms with Crippen molar-refractivity contribution >= 4 is 17.5 Å². The van der Waals surface area contributed by atoms with Crippen LogP contribution in [0.25, 0.3) is 0 Å². The standard InChI is InChI=1S/C17H17N3O6/c1-25-14-7-12(13(20(23)24)8-15(14)26-2)17(22)19-9-10-3-5-11(6-4-10)16(18)21/h3-8H,9H2,1-2H3,(H2,18,21)(H,19,22). The predicted molar refractivity (Wildman–Crippen MR) is 92.3 cm³/mol. The van der Waals surface area contributed by atoms with Gasteiger partial charge < -0.3 is 20.5 Å². The van der Waals surface area contributed by atoms with Crippen LogP contribution >= 0.6 is 0 Å². The third kappa shape index (κ3) is 4.07. The second kappa shape index (κ2) is 7.97. The molecule has 3 N–H and O–H groups in total. The minimum Gasteiger partial charge on any atom is -0.493 e. The summed E-state index contributed by atoms with van der Waals surface area (Å²) in [7, 11) is 2.71. The van der Waals surface area contributed by atoms with Crippen LogP contribution < -0.4 is 20.5 Å². The van der Waals surface area contributed by atoms with E-state index in [1.165, 1.54) is 32.4 Å². The molecule has 9 heteroatoms. The molecule has 0 heterocycles. The first-order valence-electron chi connectivity index (χ1n) is 7.44. The first-order chi connectivity index (χ1) is 12.4. The van der Waals surface area contributed by atoms with Crippen LogP contribution in [0.2, 0.25) is 0 Å². The molecule has 136 valence electrons. The number of rotatable bonds is 7. The molecule has 0 aliphatic rings. The minimum absolute atomic E-state index is 0.114. The molecule has 0 aliphatic carbocycles. The average Bonchev–Trinajstić information content (AvgIpc) is 2.65. The molecule has 2 amide bonds. The van der Waals surface area contributed by atoms with Gasteiger partial charge in [-0.3, -0.25) is 19.7 Å². The fourth-order valence-corrected chi connectivity index (χ4v) is 2.27. The predicted octanol–water partition coefficient (Wildman–Crippen LogP) is 1.64. The third-order valence-electron chi connectivity index (χ3n) is 3.63. The van der Waals surface area contributed by atoms with Crippen molar-refractivity contribution in [1.29, 1.82) is 0 Å². The van der Waals surface area contributed by atoms with Crippen LogP contribution in [-0.2, 0) is 6.54 Å². The number of carbonyl (C=O) groups is 2. The second-order valence-corrected chi connectivity index (χ2v) is 5.23. The van der Waals surface area contributed by atoms with Gasteiger partial charge in [-0.05, 0) is 17.7 Å². The molecule has 0 aromatic heterocycles. The SMILES string of the molecule is COc1cc(C(=O)NCc2ccc(C(N)=O)cc2)c([N+](=O)[O-])cc1OC. The molecule has 0 saturated carbocycles. The molecule has 2 aromatic carbocycles. The van der Waals surface area contributed by atoms with Gasteiger partial charge in [0.15, 0.2) is 11.5 Å². The summed E-state index contributed by atoms with van der Waals surface area (Å²) in [6, 6.07) is 8.70. The summed E-state index contributed by atoms with van der Waals surface area (Å²) in [5, 5.41) is 13.8. The van der Waals surface area contributed by atoms with Gasteiger partial charge in [0.05, 0.1) is 25.2 Å². The average molecular weight is 359 g/mol. The minimum atomic E-state index is -0.668. The Balaban J connectivity index is 2.22. The molecule has 2 rings (SSSR count). The van der Waals surface area contributed by atoms with Gasteiger partial charge in [-0.25, -0.2) is 0 Å². The zero-order chi connectivity index (χ0) is 19.3. The number of nitro groups is 1. The fraction of sp³-hybridized carbons (Fsp3) is 0.176. The molecule has 2 aromatic rings. The van der Waals surface area contributed by atoms with Gasteiger partial charge in [0, 0.05) is 18.2 Å². The molecule has 9 nitrogen and oxygen atoms in total. The number of nitro benzene ring substituents is 1. The van der Waals surface area contributed by atoms with E-state index >= 15 is 0 Å². The maximum atomic E-state index is 12.4. The van der Waals surface area contributed by atoms with Gasteiger partial charge in [-0.15, -0.1) is 0 Å². The van der Waals surface area contributed by atoms with Crippen molar-refractivity contribution in [3.05, 3.63) is 63.2 Å². The van der Waals surface area contributed by atoms with Crippen LogP contribution in [-0.4, -0.2) is 31.0 Å². The van der Waals surface area contributed by atoms with Crippen LogP contribution in [0.3, 0.4) is 0 Å². The largest absolute Gasteiger partial charge is 0.493 e. The van der Waals surface area contributed by atoms with Crippen LogP contribution in [0.15, 0.2) is 36.4 Å². The summed E-state index contributed by atoms with van der Waals surface area (Å²) in [5.74, 6) is -0.843. The van der Waals surface area contributed by atoms with E-state index in [9.17, 15) is 19.7 Å². The highest BCUT2D eigenvalue weighted by atomic mass is 16.6. The van der Waals surface area contributed by atoms with Gasteiger partial charge in [0.25, 0.3) is 11.6 Å². The Hall–Kier alpha value is -3.62. The first-order valence-corrected chi connectivity index (χ1v) is 7.44. The van der Waals surface area contributed by atoms with Crippen molar-refractivity contribution in [2.24, 2.45) is 5.73 Å². The second-order valence-electron chi connectivity index (χ2n) is 5.23. The number of hydrogen-bond acceptors (Lipinski definition) is 6. The highest BCUT2D eigenvalue weighted by Crippen LogP contribution is 2.34. The molecule has 0 spiro atoms. The normalized spacial score (nSPS) is 10.1. The van der Waals surface area contributed by atoms with Crippen molar-refractivity contribution in [1.82, 2.24) is 5.32 Å². The van der Waals surface area contributed by atoms with Crippen LogP contribution in [0.1, 0.15) is 26.3 Å². The Kier molecular flexibility index (Phi) is 5.74. The summed E-state index contributed by atoms with van der Waals surface area (Å²) in [6.45, 7) is 0.114. The zero-order valence-electron chi connectivity index (χ0n) is 14.1. The lowest BCUT2D eigenvalue weighted by molar-refractivity contribution is -0.385. The van der Waals surface area contributed by atoms with E-state index < -0.39 is 22.4 Å². The number of ether oxygens (including phenoxy) is 2. The first kappa shape index (κ1) is 18.7. The van der Waals surface area contributed by atoms with Crippen molar-refractivity contribution in [3.8, 4) is 11.5 Å². The number of nitrogens with two attached hydrogens (primary N) is 1. The molecule has 26 heavy (non-hydrogen) atoms. The number of nitrogens with one attached hydrogen (secondary N) is 1. The fourth-order valence-electron chi connectivity index (χ4n) is 2.27. The van der Waals surface area contributed by atoms with Crippen molar-refractivity contribution in [3.63, 3.8) is 0 Å². The number of amides is 2. The van der Waals surface area contributed by atoms with Crippen molar-refractivity contribution in [2.75, 3.05) is 14.2 Å². The topological polar surface area (TPSA) is 134 Å². The molecule has 0 radical (unpaired) electrons. The molecule has 0 fully saturated rings. The van der Waals surface area contributed by atoms with Gasteiger partial charge in [0.2, 0.25) is 5.91 Å². The van der Waals surface area contributed by atoms with E-state index in [0.717, 1.165) is 6.07 Å². The lowest BCUT2D eigenvalue weighted by atomic mass is 10.1. The summed E-state index contributed by atoms with van der Waals surface area (Å²) >= 11 is 0. The number of nitrogens with zero attached hydrogens (tertiary/aromatic N) is 1. The van der Waals surface area contributed by atoms with E-state index in [0.29, 0.717) is 11.1 Å². The number of primary amides is 1. The third-order valence-corrected chi connectivity index (χ3v) is 3.63. The van der Waals surface area contributed by atoms with E-state index in [1.54, 1.807) is 12.1 Å². The Morgan fingerprint density at radius 1 is 1.12 bits per heavy atom. The van der Waals surface area contributed by atoms with E-state index in [2.05, 4.69) is 5.32 Å². The van der Waals surface area contributed by atoms with E-state index in [1.807, 2.05) is 0 Å². The molecule has 0 saturated heterocycles. The van der Waals surface area contributed by atoms with Crippen LogP contribution in [0.5, 0.6) is 11.5 Å². The smallest absolute Gasteiger partial charge is 0.286 e. The Morgan fingerprint density at radius 2 is 1.69 bits per heavy atom. The molecule has 0 aliphatic heterocycles. The van der Waals surface area contributed by atoms with Gasteiger partial charge >= 0.3 is 0 Å². The Morgan fingerprint density at radius 3 is 2.19 bits per heavy atom. The van der Waals surface area contributed by atoms with Crippen molar-refractivity contribution in [2.45, 2.75) is 6.54 Å². The lowest BCUT2D eigenvalue weighted by Gasteiger charge is -2.11. The quantitative estimate of drug-likeness (QED) is 0.570. The van der Waals surface area contributed by atoms with Crippen molar-refractivity contribution < 1.29 is 24.0 Å². The number of hydrogen-bond donors (Lipinski definition) is 2. The number of carbonyl (C=O) groups excluding carboxylic acids is 2. The maximum Gasteiger partial charge on any atom is 0.286 e. The lowest BCUT2D eigenvalue weighted by Crippen LogP contribution is -2.24. The van der Waals surface area contributed by atoms with Gasteiger partial charge in [-0.2, -0.15) is 0 Å². The van der Waals surface area contributed by atoms with Crippen LogP contribution in [0.4, 0.5) is 5.69 Å². The summed E-state index contributed by atoms with van der Waals surface area (Å²) in [6.07, 6.45) is 0. The molecule has 0 bridgehead atoms. The summed E-state index contributed by atoms with van der Waals surface area (Å²) < 4.78 is 10.1. The summed E-state index contributed by atoms with van der Waals surface area (Å²) in [5.41, 5.74) is 5.66. The monoisotopic (exact) mass is 359 g/mol. The molecule has 0 atom stereocenters. The van der Waals surface area contributed by atoms with E-state index in [4.69, 9.17) is 15.2 Å². The van der Waals surface area contributed by atoms with Crippen LogP contribution in [0, 0.1) is 10.1 Å². The highest BCUT2D eigenvalue weighted by Gasteiger charge is 2.24. The number of benzene rings is 2. The molecular formula is C17H17N3O6.